The van der Waals surface area contributed by atoms with E-state index in [1.807, 2.05) is 6.20 Å². The molecule has 0 bridgehead atoms. The molecule has 38 heavy (non-hydrogen) atoms. The van der Waals surface area contributed by atoms with Crippen LogP contribution in [0.25, 0.3) is 10.9 Å². The third-order valence-electron chi connectivity index (χ3n) is 7.39. The number of carbonyl (C=O) groups excluding carboxylic acids is 1. The van der Waals surface area contributed by atoms with E-state index in [2.05, 4.69) is 37.3 Å². The molecule has 0 atom stereocenters. The van der Waals surface area contributed by atoms with Gasteiger partial charge in [0.15, 0.2) is 5.82 Å². The van der Waals surface area contributed by atoms with E-state index < -0.39 is 12.0 Å². The molecular weight excluding hydrogens is 521 g/mol. The predicted octanol–water partition coefficient (Wildman–Crippen LogP) is 3.53. The van der Waals surface area contributed by atoms with Crippen molar-refractivity contribution in [1.29, 1.82) is 0 Å². The van der Waals surface area contributed by atoms with Gasteiger partial charge in [0.25, 0.3) is 0 Å². The van der Waals surface area contributed by atoms with Crippen LogP contribution in [-0.2, 0) is 23.9 Å². The van der Waals surface area contributed by atoms with Crippen LogP contribution in [0.5, 0.6) is 5.75 Å². The maximum Gasteiger partial charge on any atom is 0.573 e. The minimum absolute atomic E-state index is 0.0604. The van der Waals surface area contributed by atoms with Crippen LogP contribution in [0.3, 0.4) is 0 Å². The third kappa shape index (κ3) is 5.80. The minimum Gasteiger partial charge on any atom is -0.406 e. The summed E-state index contributed by atoms with van der Waals surface area (Å²) in [5.41, 5.74) is -0.213. The maximum absolute atomic E-state index is 12.6. The summed E-state index contributed by atoms with van der Waals surface area (Å²) in [5.74, 6) is -0.525. The monoisotopic (exact) mass is 552 g/mol. The number of aryl methyl sites for hydroxylation is 2. The normalized spacial score (nSPS) is 22.9. The number of thiazole rings is 1. The first-order chi connectivity index (χ1) is 18.0. The Bertz CT molecular complexity index is 1300. The van der Waals surface area contributed by atoms with Crippen molar-refractivity contribution in [2.45, 2.75) is 63.1 Å². The zero-order valence-electron chi connectivity index (χ0n) is 21.2. The molecule has 1 saturated carbocycles. The van der Waals surface area contributed by atoms with Crippen LogP contribution in [-0.4, -0.2) is 68.8 Å². The molecule has 3 N–H and O–H groups in total. The number of rotatable bonds is 8. The van der Waals surface area contributed by atoms with Crippen molar-refractivity contribution in [3.63, 3.8) is 0 Å². The average molecular weight is 553 g/mol. The fourth-order valence-electron chi connectivity index (χ4n) is 5.27. The molecule has 3 aromatic rings. The first-order valence-corrected chi connectivity index (χ1v) is 13.5. The Labute approximate surface area is 222 Å². The van der Waals surface area contributed by atoms with Crippen LogP contribution in [0.1, 0.15) is 42.5 Å². The third-order valence-corrected chi connectivity index (χ3v) is 8.72. The molecule has 2 fully saturated rings. The number of aromatic nitrogens is 3. The number of anilines is 1. The van der Waals surface area contributed by atoms with Crippen molar-refractivity contribution in [1.82, 2.24) is 25.0 Å². The molecule has 13 heteroatoms. The summed E-state index contributed by atoms with van der Waals surface area (Å²) in [7, 11) is 1.65. The zero-order chi connectivity index (χ0) is 27.1. The molecule has 0 spiro atoms. The number of nitrogens with zero attached hydrogens (tertiary/aromatic N) is 4. The molecule has 1 aliphatic heterocycles. The van der Waals surface area contributed by atoms with Crippen LogP contribution < -0.4 is 15.4 Å². The van der Waals surface area contributed by atoms with Crippen molar-refractivity contribution in [2.24, 2.45) is 7.05 Å². The molecule has 0 unspecified atom stereocenters. The second-order valence-corrected chi connectivity index (χ2v) is 11.1. The van der Waals surface area contributed by atoms with Crippen molar-refractivity contribution >= 4 is 34.0 Å². The Hall–Kier alpha value is -2.74. The van der Waals surface area contributed by atoms with Gasteiger partial charge in [0.1, 0.15) is 11.4 Å². The number of likely N-dealkylation sites (tertiary alicyclic amines) is 1. The van der Waals surface area contributed by atoms with Crippen molar-refractivity contribution in [3.8, 4) is 5.75 Å². The fraction of sp³-hybridized carbons (Fsp3) is 0.560. The summed E-state index contributed by atoms with van der Waals surface area (Å²) >= 11 is 1.60. The van der Waals surface area contributed by atoms with E-state index in [1.54, 1.807) is 18.4 Å². The summed E-state index contributed by atoms with van der Waals surface area (Å²) in [4.78, 5) is 20.3. The lowest BCUT2D eigenvalue weighted by Gasteiger charge is -2.48. The number of aliphatic hydroxyl groups is 1. The highest BCUT2D eigenvalue weighted by Crippen LogP contribution is 2.41. The van der Waals surface area contributed by atoms with Gasteiger partial charge in [-0.2, -0.15) is 5.10 Å². The van der Waals surface area contributed by atoms with Gasteiger partial charge in [0.05, 0.1) is 21.9 Å². The lowest BCUT2D eigenvalue weighted by molar-refractivity contribution is -0.274. The standard InChI is InChI=1S/C25H31F3N6O3S/c1-3-22-30-11-20(38-22)24(36)8-6-16(7-9-24)34-13-15(14-34)29-12-21(35)31-23-18-10-17(37-25(26,27)28)4-5-19(18)33(2)32-23/h4-5,10-11,15-16,29,36H,3,6-9,12-14H2,1-2H3,(H,31,32,35). The summed E-state index contributed by atoms with van der Waals surface area (Å²) in [6, 6.07) is 4.47. The SMILES string of the molecule is CCc1ncc(C2(O)CCC(N3CC(NCC(=O)Nc4nn(C)c5ccc(OC(F)(F)F)cc45)C3)CC2)s1. The number of benzene rings is 1. The first-order valence-electron chi connectivity index (χ1n) is 12.7. The number of ether oxygens (including phenoxy) is 1. The average Bonchev–Trinajstić information content (AvgIpc) is 3.43. The highest BCUT2D eigenvalue weighted by molar-refractivity contribution is 7.11. The number of hydrogen-bond donors (Lipinski definition) is 3. The van der Waals surface area contributed by atoms with Gasteiger partial charge in [0.2, 0.25) is 5.91 Å². The largest absolute Gasteiger partial charge is 0.573 e. The number of carbonyl (C=O) groups is 1. The van der Waals surface area contributed by atoms with Crippen molar-refractivity contribution in [3.05, 3.63) is 34.3 Å². The molecule has 5 rings (SSSR count). The molecule has 1 saturated heterocycles. The van der Waals surface area contributed by atoms with Gasteiger partial charge < -0.3 is 20.5 Å². The molecular formula is C25H31F3N6O3S. The second kappa shape index (κ2) is 10.4. The predicted molar refractivity (Wildman–Crippen MR) is 137 cm³/mol. The highest BCUT2D eigenvalue weighted by atomic mass is 32.1. The Morgan fingerprint density at radius 2 is 2.03 bits per heavy atom. The highest BCUT2D eigenvalue weighted by Gasteiger charge is 2.41. The number of amides is 1. The summed E-state index contributed by atoms with van der Waals surface area (Å²) in [5, 5.41) is 22.7. The summed E-state index contributed by atoms with van der Waals surface area (Å²) in [6.07, 6.45) is 1.15. The van der Waals surface area contributed by atoms with Gasteiger partial charge in [-0.05, 0) is 50.3 Å². The van der Waals surface area contributed by atoms with E-state index in [0.717, 1.165) is 42.2 Å². The van der Waals surface area contributed by atoms with Crippen LogP contribution in [0.4, 0.5) is 19.0 Å². The first kappa shape index (κ1) is 26.9. The lowest BCUT2D eigenvalue weighted by Crippen LogP contribution is -2.62. The van der Waals surface area contributed by atoms with Crippen LogP contribution >= 0.6 is 11.3 Å². The van der Waals surface area contributed by atoms with E-state index >= 15 is 0 Å². The van der Waals surface area contributed by atoms with Gasteiger partial charge in [-0.25, -0.2) is 4.98 Å². The van der Waals surface area contributed by atoms with Crippen LogP contribution in [0, 0.1) is 0 Å². The topological polar surface area (TPSA) is 105 Å². The van der Waals surface area contributed by atoms with E-state index in [9.17, 15) is 23.1 Å². The summed E-state index contributed by atoms with van der Waals surface area (Å²) < 4.78 is 43.3. The van der Waals surface area contributed by atoms with E-state index in [-0.39, 0.29) is 30.1 Å². The number of fused-ring (bicyclic) bond motifs is 1. The smallest absolute Gasteiger partial charge is 0.406 e. The molecule has 3 heterocycles. The van der Waals surface area contributed by atoms with Gasteiger partial charge in [0, 0.05) is 43.8 Å². The van der Waals surface area contributed by atoms with Crippen molar-refractivity contribution < 1.29 is 27.8 Å². The number of nitrogens with one attached hydrogen (secondary N) is 2. The lowest BCUT2D eigenvalue weighted by atomic mass is 9.80. The van der Waals surface area contributed by atoms with Gasteiger partial charge in [-0.3, -0.25) is 14.4 Å². The van der Waals surface area contributed by atoms with Crippen LogP contribution in [0.15, 0.2) is 24.4 Å². The number of halogens is 3. The molecule has 1 aromatic carbocycles. The molecule has 0 radical (unpaired) electrons. The number of alkyl halides is 3. The Morgan fingerprint density at radius 1 is 1.29 bits per heavy atom. The Balaban J connectivity index is 1.08. The Morgan fingerprint density at radius 3 is 2.68 bits per heavy atom. The molecule has 9 nitrogen and oxygen atoms in total. The molecule has 2 aliphatic rings. The van der Waals surface area contributed by atoms with Crippen molar-refractivity contribution in [2.75, 3.05) is 25.0 Å². The number of hydrogen-bond acceptors (Lipinski definition) is 8. The Kier molecular flexibility index (Phi) is 7.37. The zero-order valence-corrected chi connectivity index (χ0v) is 22.0. The van der Waals surface area contributed by atoms with E-state index in [1.165, 1.54) is 22.9 Å². The fourth-order valence-corrected chi connectivity index (χ4v) is 6.27. The van der Waals surface area contributed by atoms with Gasteiger partial charge in [-0.15, -0.1) is 24.5 Å². The van der Waals surface area contributed by atoms with Gasteiger partial charge in [-0.1, -0.05) is 6.92 Å². The minimum atomic E-state index is -4.81. The van der Waals surface area contributed by atoms with Crippen LogP contribution in [0.2, 0.25) is 0 Å². The molecule has 1 amide bonds. The molecule has 2 aromatic heterocycles. The quantitative estimate of drug-likeness (QED) is 0.393. The second-order valence-electron chi connectivity index (χ2n) is 10.0. The maximum atomic E-state index is 12.6. The molecule has 206 valence electrons. The van der Waals surface area contributed by atoms with Gasteiger partial charge >= 0.3 is 6.36 Å². The summed E-state index contributed by atoms with van der Waals surface area (Å²) in [6.45, 7) is 3.77. The van der Waals surface area contributed by atoms with E-state index in [4.69, 9.17) is 0 Å². The van der Waals surface area contributed by atoms with E-state index in [0.29, 0.717) is 29.8 Å². The molecule has 1 aliphatic carbocycles.